The Hall–Kier alpha value is -2.90. The molecule has 0 atom stereocenters. The maximum Gasteiger partial charge on any atom is 0.428 e. The Morgan fingerprint density at radius 1 is 1.21 bits per heavy atom. The van der Waals surface area contributed by atoms with E-state index >= 15 is 0 Å². The highest BCUT2D eigenvalue weighted by Crippen LogP contribution is 2.38. The van der Waals surface area contributed by atoms with Gasteiger partial charge in [0.2, 0.25) is 0 Å². The minimum Gasteiger partial charge on any atom is -0.442 e. The van der Waals surface area contributed by atoms with Crippen molar-refractivity contribution in [1.29, 1.82) is 0 Å². The van der Waals surface area contributed by atoms with Crippen molar-refractivity contribution in [3.05, 3.63) is 53.3 Å². The Morgan fingerprint density at radius 3 is 2.62 bits per heavy atom. The van der Waals surface area contributed by atoms with Crippen molar-refractivity contribution in [2.45, 2.75) is 13.1 Å². The molecule has 0 aliphatic carbocycles. The van der Waals surface area contributed by atoms with Crippen molar-refractivity contribution < 1.29 is 22.7 Å². The SMILES string of the molecule is Cc1ccncc1-c1ccc(C2=NNC(=O)OC2)cc1C(F)(F)F. The largest absolute Gasteiger partial charge is 0.442 e. The van der Waals surface area contributed by atoms with Crippen LogP contribution in [0.5, 0.6) is 0 Å². The molecule has 1 amide bonds. The topological polar surface area (TPSA) is 63.6 Å². The number of nitrogens with one attached hydrogen (secondary N) is 1. The van der Waals surface area contributed by atoms with Crippen molar-refractivity contribution in [2.24, 2.45) is 5.10 Å². The fourth-order valence-electron chi connectivity index (χ4n) is 2.40. The van der Waals surface area contributed by atoms with Crippen LogP contribution in [0, 0.1) is 6.92 Å². The highest BCUT2D eigenvalue weighted by Gasteiger charge is 2.35. The first-order valence-corrected chi connectivity index (χ1v) is 6.98. The predicted octanol–water partition coefficient (Wildman–Crippen LogP) is 3.52. The molecule has 1 aromatic carbocycles. The number of benzene rings is 1. The molecule has 1 aromatic heterocycles. The van der Waals surface area contributed by atoms with Gasteiger partial charge in [-0.25, -0.2) is 10.2 Å². The number of carbonyl (C=O) groups excluding carboxylic acids is 1. The number of aryl methyl sites for hydroxylation is 1. The van der Waals surface area contributed by atoms with Crippen LogP contribution in [0.4, 0.5) is 18.0 Å². The fourth-order valence-corrected chi connectivity index (χ4v) is 2.40. The Morgan fingerprint density at radius 2 is 2.00 bits per heavy atom. The zero-order chi connectivity index (χ0) is 17.3. The number of pyridine rings is 1. The van der Waals surface area contributed by atoms with Crippen molar-refractivity contribution in [3.8, 4) is 11.1 Å². The summed E-state index contributed by atoms with van der Waals surface area (Å²) in [5.74, 6) is 0. The zero-order valence-corrected chi connectivity index (χ0v) is 12.5. The molecule has 1 aliphatic rings. The van der Waals surface area contributed by atoms with Crippen LogP contribution in [-0.4, -0.2) is 23.4 Å². The number of aromatic nitrogens is 1. The standard InChI is InChI=1S/C16H12F3N3O2/c1-9-4-5-20-7-12(9)11-3-2-10(6-13(11)16(17,18)19)14-8-24-15(23)22-21-14/h2-7H,8H2,1H3,(H,22,23). The van der Waals surface area contributed by atoms with Crippen LogP contribution < -0.4 is 5.43 Å². The maximum atomic E-state index is 13.5. The Balaban J connectivity index is 2.12. The molecule has 124 valence electrons. The zero-order valence-electron chi connectivity index (χ0n) is 12.5. The lowest BCUT2D eigenvalue weighted by Gasteiger charge is -2.18. The second kappa shape index (κ2) is 5.95. The van der Waals surface area contributed by atoms with Gasteiger partial charge in [0.1, 0.15) is 12.3 Å². The highest BCUT2D eigenvalue weighted by molar-refractivity contribution is 6.04. The predicted molar refractivity (Wildman–Crippen MR) is 80.4 cm³/mol. The van der Waals surface area contributed by atoms with E-state index in [0.717, 1.165) is 6.07 Å². The Kier molecular flexibility index (Phi) is 3.96. The van der Waals surface area contributed by atoms with Gasteiger partial charge in [0, 0.05) is 23.5 Å². The van der Waals surface area contributed by atoms with E-state index in [0.29, 0.717) is 11.1 Å². The number of ether oxygens (including phenoxy) is 1. The molecule has 1 aliphatic heterocycles. The Labute approximate surface area is 135 Å². The summed E-state index contributed by atoms with van der Waals surface area (Å²) >= 11 is 0. The van der Waals surface area contributed by atoms with Crippen molar-refractivity contribution >= 4 is 11.8 Å². The van der Waals surface area contributed by atoms with E-state index in [-0.39, 0.29) is 23.4 Å². The lowest BCUT2D eigenvalue weighted by atomic mass is 9.94. The quantitative estimate of drug-likeness (QED) is 0.913. The molecule has 5 nitrogen and oxygen atoms in total. The van der Waals surface area contributed by atoms with E-state index in [1.807, 2.05) is 0 Å². The second-order valence-electron chi connectivity index (χ2n) is 5.20. The van der Waals surface area contributed by atoms with Gasteiger partial charge in [-0.05, 0) is 30.2 Å². The number of rotatable bonds is 2. The van der Waals surface area contributed by atoms with Crippen LogP contribution in [0.2, 0.25) is 0 Å². The smallest absolute Gasteiger partial charge is 0.428 e. The summed E-state index contributed by atoms with van der Waals surface area (Å²) in [6.07, 6.45) is -2.36. The monoisotopic (exact) mass is 335 g/mol. The van der Waals surface area contributed by atoms with Gasteiger partial charge in [-0.3, -0.25) is 4.98 Å². The van der Waals surface area contributed by atoms with Gasteiger partial charge in [-0.15, -0.1) is 0 Å². The molecule has 0 bridgehead atoms. The normalized spacial score (nSPS) is 14.7. The van der Waals surface area contributed by atoms with Gasteiger partial charge in [0.05, 0.1) is 5.56 Å². The first kappa shape index (κ1) is 16.0. The number of carbonyl (C=O) groups is 1. The summed E-state index contributed by atoms with van der Waals surface area (Å²) in [4.78, 5) is 14.8. The molecule has 0 unspecified atom stereocenters. The highest BCUT2D eigenvalue weighted by atomic mass is 19.4. The summed E-state index contributed by atoms with van der Waals surface area (Å²) in [5, 5.41) is 3.74. The lowest BCUT2D eigenvalue weighted by molar-refractivity contribution is -0.137. The lowest BCUT2D eigenvalue weighted by Crippen LogP contribution is -2.30. The van der Waals surface area contributed by atoms with Gasteiger partial charge in [-0.2, -0.15) is 18.3 Å². The van der Waals surface area contributed by atoms with E-state index in [1.165, 1.54) is 24.5 Å². The molecule has 0 radical (unpaired) electrons. The molecular formula is C16H12F3N3O2. The van der Waals surface area contributed by atoms with Crippen LogP contribution in [0.25, 0.3) is 11.1 Å². The van der Waals surface area contributed by atoms with Crippen molar-refractivity contribution in [3.63, 3.8) is 0 Å². The van der Waals surface area contributed by atoms with Gasteiger partial charge in [0.25, 0.3) is 0 Å². The summed E-state index contributed by atoms with van der Waals surface area (Å²) in [6.45, 7) is 1.54. The number of nitrogens with zero attached hydrogens (tertiary/aromatic N) is 2. The molecule has 8 heteroatoms. The van der Waals surface area contributed by atoms with Gasteiger partial charge >= 0.3 is 12.3 Å². The molecule has 1 N–H and O–H groups in total. The van der Waals surface area contributed by atoms with E-state index < -0.39 is 17.8 Å². The summed E-state index contributed by atoms with van der Waals surface area (Å²) in [7, 11) is 0. The minimum absolute atomic E-state index is 0.0400. The van der Waals surface area contributed by atoms with Crippen molar-refractivity contribution in [2.75, 3.05) is 6.61 Å². The molecule has 0 saturated carbocycles. The molecule has 0 fully saturated rings. The molecule has 0 spiro atoms. The first-order valence-electron chi connectivity index (χ1n) is 6.98. The number of cyclic esters (lactones) is 1. The van der Waals surface area contributed by atoms with Crippen LogP contribution in [-0.2, 0) is 10.9 Å². The van der Waals surface area contributed by atoms with Gasteiger partial charge in [-0.1, -0.05) is 12.1 Å². The van der Waals surface area contributed by atoms with Crippen LogP contribution in [0.15, 0.2) is 41.8 Å². The van der Waals surface area contributed by atoms with Crippen molar-refractivity contribution in [1.82, 2.24) is 10.4 Å². The van der Waals surface area contributed by atoms with Crippen LogP contribution in [0.1, 0.15) is 16.7 Å². The first-order chi connectivity index (χ1) is 11.4. The second-order valence-corrected chi connectivity index (χ2v) is 5.20. The number of hydrazone groups is 1. The minimum atomic E-state index is -4.55. The third-order valence-electron chi connectivity index (χ3n) is 3.61. The molecule has 0 saturated heterocycles. The molecule has 24 heavy (non-hydrogen) atoms. The van der Waals surface area contributed by atoms with E-state index in [2.05, 4.69) is 15.5 Å². The fraction of sp³-hybridized carbons (Fsp3) is 0.188. The average Bonchev–Trinajstić information content (AvgIpc) is 2.55. The third-order valence-corrected chi connectivity index (χ3v) is 3.61. The van der Waals surface area contributed by atoms with E-state index in [1.54, 1.807) is 13.0 Å². The molecule has 2 heterocycles. The van der Waals surface area contributed by atoms with E-state index in [4.69, 9.17) is 4.74 Å². The maximum absolute atomic E-state index is 13.5. The van der Waals surface area contributed by atoms with E-state index in [9.17, 15) is 18.0 Å². The number of alkyl halides is 3. The molecule has 2 aromatic rings. The van der Waals surface area contributed by atoms with Gasteiger partial charge in [0.15, 0.2) is 0 Å². The Bertz CT molecular complexity index is 832. The summed E-state index contributed by atoms with van der Waals surface area (Å²) in [6, 6.07) is 5.54. The van der Waals surface area contributed by atoms with Crippen LogP contribution in [0.3, 0.4) is 0 Å². The molecule has 3 rings (SSSR count). The molecular weight excluding hydrogens is 323 g/mol. The average molecular weight is 335 g/mol. The number of hydrogen-bond donors (Lipinski definition) is 1. The number of hydrogen-bond acceptors (Lipinski definition) is 4. The number of halogens is 3. The van der Waals surface area contributed by atoms with Gasteiger partial charge < -0.3 is 4.74 Å². The summed E-state index contributed by atoms with van der Waals surface area (Å²) in [5.41, 5.74) is 2.87. The summed E-state index contributed by atoms with van der Waals surface area (Å²) < 4.78 is 45.3. The third kappa shape index (κ3) is 3.08. The number of amides is 1. The van der Waals surface area contributed by atoms with Crippen LogP contribution >= 0.6 is 0 Å².